The normalized spacial score (nSPS) is 12.8. The van der Waals surface area contributed by atoms with Crippen LogP contribution in [0.3, 0.4) is 0 Å². The van der Waals surface area contributed by atoms with Crippen molar-refractivity contribution in [2.45, 2.75) is 6.54 Å². The van der Waals surface area contributed by atoms with E-state index in [9.17, 15) is 4.57 Å². The van der Waals surface area contributed by atoms with Crippen molar-refractivity contribution >= 4 is 12.8 Å². The summed E-state index contributed by atoms with van der Waals surface area (Å²) in [7, 11) is -3.30. The number of rotatable bonds is 7. The summed E-state index contributed by atoms with van der Waals surface area (Å²) < 4.78 is 19.8. The topological polar surface area (TPSA) is 38.3 Å². The molecule has 0 aromatic heterocycles. The Kier molecular flexibility index (Phi) is 5.90. The number of benzene rings is 4. The highest BCUT2D eigenvalue weighted by atomic mass is 31.2. The third-order valence-corrected chi connectivity index (χ3v) is 6.65. The summed E-state index contributed by atoms with van der Waals surface area (Å²) >= 11 is 0. The van der Waals surface area contributed by atoms with E-state index in [1.165, 1.54) is 0 Å². The van der Waals surface area contributed by atoms with Crippen LogP contribution >= 0.6 is 7.52 Å². The molecule has 0 saturated carbocycles. The molecule has 144 valence electrons. The Balaban J connectivity index is 1.57. The molecule has 4 aromatic carbocycles. The van der Waals surface area contributed by atoms with Crippen LogP contribution < -0.4 is 14.9 Å². The van der Waals surface area contributed by atoms with Crippen LogP contribution in [0.5, 0.6) is 5.75 Å². The van der Waals surface area contributed by atoms with Crippen LogP contribution in [0.1, 0.15) is 5.56 Å². The molecule has 0 radical (unpaired) electrons. The van der Waals surface area contributed by atoms with Crippen molar-refractivity contribution in [1.29, 1.82) is 0 Å². The van der Waals surface area contributed by atoms with E-state index in [-0.39, 0.29) is 0 Å². The van der Waals surface area contributed by atoms with Gasteiger partial charge in [0, 0.05) is 6.54 Å². The number of nitrogens with one attached hydrogen (secondary N) is 1. The molecule has 0 bridgehead atoms. The van der Waals surface area contributed by atoms with Gasteiger partial charge in [-0.1, -0.05) is 91.0 Å². The minimum Gasteiger partial charge on any atom is -0.430 e. The summed E-state index contributed by atoms with van der Waals surface area (Å²) in [6.07, 6.45) is 0. The molecule has 4 rings (SSSR count). The first-order chi connectivity index (χ1) is 14.2. The van der Waals surface area contributed by atoms with Crippen molar-refractivity contribution in [3.63, 3.8) is 0 Å². The minimum absolute atomic E-state index is 0.453. The largest absolute Gasteiger partial charge is 0.430 e. The average molecular weight is 399 g/mol. The number of hydrogen-bond acceptors (Lipinski definition) is 2. The molecule has 1 atom stereocenters. The lowest BCUT2D eigenvalue weighted by Crippen LogP contribution is -2.23. The zero-order valence-corrected chi connectivity index (χ0v) is 16.8. The summed E-state index contributed by atoms with van der Waals surface area (Å²) in [6.45, 7) is 0.453. The molecular weight excluding hydrogens is 377 g/mol. The SMILES string of the molecule is O=P(NCc1ccccc1)(Oc1ccc(-c2ccccc2)cc1)c1ccccc1. The molecule has 0 aliphatic rings. The van der Waals surface area contributed by atoms with Gasteiger partial charge in [0.1, 0.15) is 5.75 Å². The van der Waals surface area contributed by atoms with E-state index in [1.807, 2.05) is 103 Å². The van der Waals surface area contributed by atoms with Crippen molar-refractivity contribution in [2.75, 3.05) is 0 Å². The summed E-state index contributed by atoms with van der Waals surface area (Å²) in [5, 5.41) is 3.80. The Morgan fingerprint density at radius 2 is 1.14 bits per heavy atom. The molecule has 0 saturated heterocycles. The van der Waals surface area contributed by atoms with Gasteiger partial charge in [-0.15, -0.1) is 0 Å². The zero-order chi connectivity index (χ0) is 19.9. The van der Waals surface area contributed by atoms with Crippen LogP contribution in [0.4, 0.5) is 0 Å². The Hall–Kier alpha value is -3.13. The second-order valence-corrected chi connectivity index (χ2v) is 8.81. The van der Waals surface area contributed by atoms with Crippen molar-refractivity contribution in [1.82, 2.24) is 5.09 Å². The van der Waals surface area contributed by atoms with Gasteiger partial charge in [-0.05, 0) is 41.0 Å². The van der Waals surface area contributed by atoms with Gasteiger partial charge in [-0.2, -0.15) is 0 Å². The first-order valence-electron chi connectivity index (χ1n) is 9.53. The molecule has 1 unspecified atom stereocenters. The fourth-order valence-electron chi connectivity index (χ4n) is 3.08. The van der Waals surface area contributed by atoms with Gasteiger partial charge in [0.25, 0.3) is 0 Å². The lowest BCUT2D eigenvalue weighted by Gasteiger charge is -2.21. The molecule has 0 amide bonds. The number of hydrogen-bond donors (Lipinski definition) is 1. The highest BCUT2D eigenvalue weighted by molar-refractivity contribution is 7.65. The molecule has 0 aliphatic carbocycles. The highest BCUT2D eigenvalue weighted by Gasteiger charge is 2.27. The smallest absolute Gasteiger partial charge is 0.347 e. The van der Waals surface area contributed by atoms with Crippen molar-refractivity contribution < 1.29 is 9.09 Å². The van der Waals surface area contributed by atoms with Crippen molar-refractivity contribution in [2.24, 2.45) is 0 Å². The first kappa shape index (κ1) is 19.2. The molecule has 4 heteroatoms. The molecule has 0 fully saturated rings. The third-order valence-electron chi connectivity index (χ3n) is 4.63. The average Bonchev–Trinajstić information content (AvgIpc) is 2.80. The first-order valence-corrected chi connectivity index (χ1v) is 11.2. The second-order valence-electron chi connectivity index (χ2n) is 6.69. The van der Waals surface area contributed by atoms with E-state index in [0.29, 0.717) is 17.6 Å². The van der Waals surface area contributed by atoms with Crippen LogP contribution in [-0.4, -0.2) is 0 Å². The fourth-order valence-corrected chi connectivity index (χ4v) is 4.81. The maximum absolute atomic E-state index is 13.8. The van der Waals surface area contributed by atoms with Gasteiger partial charge in [0.2, 0.25) is 0 Å². The molecule has 3 nitrogen and oxygen atoms in total. The lowest BCUT2D eigenvalue weighted by molar-refractivity contribution is 0.478. The lowest BCUT2D eigenvalue weighted by atomic mass is 10.1. The zero-order valence-electron chi connectivity index (χ0n) is 15.9. The second kappa shape index (κ2) is 8.91. The fraction of sp³-hybridized carbons (Fsp3) is 0.0400. The van der Waals surface area contributed by atoms with Gasteiger partial charge in [0.05, 0.1) is 5.30 Å². The van der Waals surface area contributed by atoms with E-state index in [2.05, 4.69) is 17.2 Å². The Labute approximate surface area is 171 Å². The minimum atomic E-state index is -3.30. The van der Waals surface area contributed by atoms with Gasteiger partial charge in [0.15, 0.2) is 0 Å². The monoisotopic (exact) mass is 399 g/mol. The van der Waals surface area contributed by atoms with E-state index in [1.54, 1.807) is 0 Å². The van der Waals surface area contributed by atoms with Gasteiger partial charge in [-0.3, -0.25) is 4.57 Å². The predicted molar refractivity (Wildman–Crippen MR) is 119 cm³/mol. The maximum Gasteiger partial charge on any atom is 0.347 e. The third kappa shape index (κ3) is 4.83. The van der Waals surface area contributed by atoms with E-state index in [0.717, 1.165) is 16.7 Å². The van der Waals surface area contributed by atoms with Gasteiger partial charge < -0.3 is 4.52 Å². The van der Waals surface area contributed by atoms with Crippen LogP contribution in [0.15, 0.2) is 115 Å². The molecular formula is C25H22NO2P. The summed E-state index contributed by atoms with van der Waals surface area (Å²) in [5.74, 6) is 0.567. The van der Waals surface area contributed by atoms with E-state index in [4.69, 9.17) is 4.52 Å². The predicted octanol–water partition coefficient (Wildman–Crippen LogP) is 6.04. The summed E-state index contributed by atoms with van der Waals surface area (Å²) in [6, 6.07) is 37.0. The Bertz CT molecular complexity index is 1080. The van der Waals surface area contributed by atoms with E-state index >= 15 is 0 Å². The van der Waals surface area contributed by atoms with E-state index < -0.39 is 7.52 Å². The van der Waals surface area contributed by atoms with Gasteiger partial charge >= 0.3 is 7.52 Å². The van der Waals surface area contributed by atoms with Crippen LogP contribution in [0, 0.1) is 0 Å². The van der Waals surface area contributed by atoms with Crippen LogP contribution in [-0.2, 0) is 11.1 Å². The van der Waals surface area contributed by atoms with Gasteiger partial charge in [-0.25, -0.2) is 5.09 Å². The Morgan fingerprint density at radius 3 is 1.76 bits per heavy atom. The molecule has 0 aliphatic heterocycles. The molecule has 29 heavy (non-hydrogen) atoms. The quantitative estimate of drug-likeness (QED) is 0.385. The highest BCUT2D eigenvalue weighted by Crippen LogP contribution is 2.42. The maximum atomic E-state index is 13.8. The molecule has 1 N–H and O–H groups in total. The van der Waals surface area contributed by atoms with Crippen LogP contribution in [0.2, 0.25) is 0 Å². The Morgan fingerprint density at radius 1 is 0.621 bits per heavy atom. The van der Waals surface area contributed by atoms with Crippen LogP contribution in [0.25, 0.3) is 11.1 Å². The van der Waals surface area contributed by atoms with Crippen molar-refractivity contribution in [3.8, 4) is 16.9 Å². The summed E-state index contributed by atoms with van der Waals surface area (Å²) in [5.41, 5.74) is 3.27. The standard InChI is InChI=1S/C25H22NO2P/c27-29(25-14-8-3-9-15-25,26-20-21-10-4-1-5-11-21)28-24-18-16-23(17-19-24)22-12-6-2-7-13-22/h1-19H,20H2,(H,26,27). The summed E-state index contributed by atoms with van der Waals surface area (Å²) in [4.78, 5) is 0. The molecule has 4 aromatic rings. The van der Waals surface area contributed by atoms with Crippen molar-refractivity contribution in [3.05, 3.63) is 121 Å². The molecule has 0 heterocycles. The molecule has 0 spiro atoms.